The molecule has 0 saturated heterocycles. The number of hydrogen-bond donors (Lipinski definition) is 1. The van der Waals surface area contributed by atoms with E-state index in [9.17, 15) is 0 Å². The van der Waals surface area contributed by atoms with E-state index in [1.54, 1.807) is 0 Å². The normalized spacial score (nSPS) is 10.6. The predicted octanol–water partition coefficient (Wildman–Crippen LogP) is 4.93. The van der Waals surface area contributed by atoms with Crippen LogP contribution in [0, 0.1) is 6.92 Å². The Labute approximate surface area is 138 Å². The molecule has 3 nitrogen and oxygen atoms in total. The summed E-state index contributed by atoms with van der Waals surface area (Å²) < 4.78 is 6.04. The summed E-state index contributed by atoms with van der Waals surface area (Å²) in [5.41, 5.74) is 9.49. The van der Waals surface area contributed by atoms with Crippen molar-refractivity contribution in [3.8, 4) is 17.0 Å². The second kappa shape index (κ2) is 6.38. The highest BCUT2D eigenvalue weighted by Gasteiger charge is 2.14. The third-order valence-electron chi connectivity index (χ3n) is 3.26. The number of rotatable bonds is 4. The highest BCUT2D eigenvalue weighted by molar-refractivity contribution is 7.13. The van der Waals surface area contributed by atoms with Crippen LogP contribution in [0.1, 0.15) is 11.1 Å². The van der Waals surface area contributed by atoms with Gasteiger partial charge in [-0.2, -0.15) is 0 Å². The SMILES string of the molecule is Cc1cc(Cl)cc(-c2csc(N)n2)c1OCc1ccccc1. The van der Waals surface area contributed by atoms with Crippen molar-refractivity contribution in [2.45, 2.75) is 13.5 Å². The zero-order valence-electron chi connectivity index (χ0n) is 12.0. The summed E-state index contributed by atoms with van der Waals surface area (Å²) in [7, 11) is 0. The van der Waals surface area contributed by atoms with Crippen LogP contribution < -0.4 is 10.5 Å². The van der Waals surface area contributed by atoms with Crippen LogP contribution in [0.2, 0.25) is 5.02 Å². The Bertz CT molecular complexity index is 787. The number of halogens is 1. The molecule has 0 amide bonds. The first-order valence-corrected chi connectivity index (χ1v) is 8.07. The van der Waals surface area contributed by atoms with Gasteiger partial charge in [0.25, 0.3) is 0 Å². The molecule has 0 saturated carbocycles. The van der Waals surface area contributed by atoms with E-state index in [1.807, 2.05) is 54.8 Å². The van der Waals surface area contributed by atoms with Gasteiger partial charge in [0.1, 0.15) is 12.4 Å². The number of benzene rings is 2. The predicted molar refractivity (Wildman–Crippen MR) is 92.5 cm³/mol. The average molecular weight is 331 g/mol. The van der Waals surface area contributed by atoms with Crippen LogP contribution in [0.15, 0.2) is 47.8 Å². The van der Waals surface area contributed by atoms with E-state index in [0.717, 1.165) is 28.1 Å². The summed E-state index contributed by atoms with van der Waals surface area (Å²) in [5.74, 6) is 0.790. The summed E-state index contributed by atoms with van der Waals surface area (Å²) in [4.78, 5) is 4.34. The van der Waals surface area contributed by atoms with Gasteiger partial charge in [0.05, 0.1) is 5.69 Å². The lowest BCUT2D eigenvalue weighted by atomic mass is 10.1. The molecule has 1 aromatic heterocycles. The van der Waals surface area contributed by atoms with Gasteiger partial charge in [0.15, 0.2) is 5.13 Å². The van der Waals surface area contributed by atoms with Crippen molar-refractivity contribution < 1.29 is 4.74 Å². The maximum absolute atomic E-state index is 6.18. The Hall–Kier alpha value is -2.04. The minimum absolute atomic E-state index is 0.496. The van der Waals surface area contributed by atoms with E-state index in [-0.39, 0.29) is 0 Å². The van der Waals surface area contributed by atoms with E-state index in [2.05, 4.69) is 4.98 Å². The fourth-order valence-electron chi connectivity index (χ4n) is 2.25. The fourth-order valence-corrected chi connectivity index (χ4v) is 3.09. The monoisotopic (exact) mass is 330 g/mol. The fraction of sp³-hybridized carbons (Fsp3) is 0.118. The molecular formula is C17H15ClN2OS. The van der Waals surface area contributed by atoms with Gasteiger partial charge in [0.2, 0.25) is 0 Å². The zero-order chi connectivity index (χ0) is 15.5. The number of thiazole rings is 1. The second-order valence-electron chi connectivity index (χ2n) is 4.94. The lowest BCUT2D eigenvalue weighted by molar-refractivity contribution is 0.305. The molecule has 0 fully saturated rings. The van der Waals surface area contributed by atoms with Crippen molar-refractivity contribution in [3.05, 3.63) is 64.0 Å². The lowest BCUT2D eigenvalue weighted by Gasteiger charge is -2.14. The number of nitrogen functional groups attached to an aromatic ring is 1. The summed E-state index contributed by atoms with van der Waals surface area (Å²) in [6.07, 6.45) is 0. The van der Waals surface area contributed by atoms with Crippen LogP contribution in [0.3, 0.4) is 0 Å². The first-order valence-electron chi connectivity index (χ1n) is 6.82. The van der Waals surface area contributed by atoms with Crippen molar-refractivity contribution in [1.29, 1.82) is 0 Å². The number of ether oxygens (including phenoxy) is 1. The Morgan fingerprint density at radius 2 is 2.00 bits per heavy atom. The van der Waals surface area contributed by atoms with E-state index >= 15 is 0 Å². The highest BCUT2D eigenvalue weighted by atomic mass is 35.5. The van der Waals surface area contributed by atoms with Crippen molar-refractivity contribution in [1.82, 2.24) is 4.98 Å². The van der Waals surface area contributed by atoms with Gasteiger partial charge in [-0.15, -0.1) is 11.3 Å². The molecule has 0 atom stereocenters. The first-order chi connectivity index (χ1) is 10.6. The Balaban J connectivity index is 1.95. The average Bonchev–Trinajstić information content (AvgIpc) is 2.93. The molecule has 3 aromatic rings. The van der Waals surface area contributed by atoms with Gasteiger partial charge >= 0.3 is 0 Å². The van der Waals surface area contributed by atoms with Crippen LogP contribution in [0.5, 0.6) is 5.75 Å². The molecule has 22 heavy (non-hydrogen) atoms. The molecule has 0 bridgehead atoms. The van der Waals surface area contributed by atoms with Gasteiger partial charge in [-0.1, -0.05) is 41.9 Å². The van der Waals surface area contributed by atoms with Crippen molar-refractivity contribution in [2.75, 3.05) is 5.73 Å². The van der Waals surface area contributed by atoms with Gasteiger partial charge < -0.3 is 10.5 Å². The Morgan fingerprint density at radius 3 is 2.68 bits per heavy atom. The smallest absolute Gasteiger partial charge is 0.180 e. The quantitative estimate of drug-likeness (QED) is 0.737. The van der Waals surface area contributed by atoms with Gasteiger partial charge in [-0.05, 0) is 30.2 Å². The molecule has 1 heterocycles. The summed E-state index contributed by atoms with van der Waals surface area (Å²) in [6, 6.07) is 13.8. The van der Waals surface area contributed by atoms with Crippen molar-refractivity contribution in [2.24, 2.45) is 0 Å². The number of aromatic nitrogens is 1. The third kappa shape index (κ3) is 3.24. The standard InChI is InChI=1S/C17H15ClN2OS/c1-11-7-13(18)8-14(15-10-22-17(19)20-15)16(11)21-9-12-5-3-2-4-6-12/h2-8,10H,9H2,1H3,(H2,19,20). The van der Waals surface area contributed by atoms with Crippen LogP contribution in [-0.2, 0) is 6.61 Å². The number of hydrogen-bond acceptors (Lipinski definition) is 4. The van der Waals surface area contributed by atoms with Crippen LogP contribution in [0.25, 0.3) is 11.3 Å². The maximum Gasteiger partial charge on any atom is 0.180 e. The van der Waals surface area contributed by atoms with E-state index in [4.69, 9.17) is 22.1 Å². The van der Waals surface area contributed by atoms with Gasteiger partial charge in [0, 0.05) is 16.0 Å². The minimum atomic E-state index is 0.496. The molecule has 112 valence electrons. The van der Waals surface area contributed by atoms with Crippen molar-refractivity contribution in [3.63, 3.8) is 0 Å². The third-order valence-corrected chi connectivity index (χ3v) is 4.16. The number of anilines is 1. The van der Waals surface area contributed by atoms with Gasteiger partial charge in [-0.3, -0.25) is 0 Å². The van der Waals surface area contributed by atoms with E-state index < -0.39 is 0 Å². The molecule has 0 aliphatic rings. The van der Waals surface area contributed by atoms with Gasteiger partial charge in [-0.25, -0.2) is 4.98 Å². The molecule has 3 rings (SSSR count). The number of nitrogens with two attached hydrogens (primary N) is 1. The minimum Gasteiger partial charge on any atom is -0.488 e. The van der Waals surface area contributed by atoms with Crippen LogP contribution in [-0.4, -0.2) is 4.98 Å². The second-order valence-corrected chi connectivity index (χ2v) is 6.27. The van der Waals surface area contributed by atoms with E-state index in [0.29, 0.717) is 16.8 Å². The molecule has 0 spiro atoms. The molecule has 0 unspecified atom stereocenters. The summed E-state index contributed by atoms with van der Waals surface area (Å²) in [6.45, 7) is 2.47. The number of nitrogens with zero attached hydrogens (tertiary/aromatic N) is 1. The van der Waals surface area contributed by atoms with E-state index in [1.165, 1.54) is 11.3 Å². The first kappa shape index (κ1) is 14.9. The van der Waals surface area contributed by atoms with Crippen LogP contribution >= 0.6 is 22.9 Å². The van der Waals surface area contributed by atoms with Crippen molar-refractivity contribution >= 4 is 28.1 Å². The Kier molecular flexibility index (Phi) is 4.32. The maximum atomic E-state index is 6.18. The topological polar surface area (TPSA) is 48.1 Å². The highest BCUT2D eigenvalue weighted by Crippen LogP contribution is 2.37. The molecule has 0 aliphatic heterocycles. The molecular weight excluding hydrogens is 316 g/mol. The molecule has 0 radical (unpaired) electrons. The molecule has 2 N–H and O–H groups in total. The lowest BCUT2D eigenvalue weighted by Crippen LogP contribution is -1.99. The largest absolute Gasteiger partial charge is 0.488 e. The Morgan fingerprint density at radius 1 is 1.23 bits per heavy atom. The molecule has 0 aliphatic carbocycles. The van der Waals surface area contributed by atoms with Crippen LogP contribution in [0.4, 0.5) is 5.13 Å². The summed E-state index contributed by atoms with van der Waals surface area (Å²) in [5, 5.41) is 3.10. The molecule has 5 heteroatoms. The summed E-state index contributed by atoms with van der Waals surface area (Å²) >= 11 is 7.59. The molecule has 2 aromatic carbocycles. The zero-order valence-corrected chi connectivity index (χ0v) is 13.6. The number of aryl methyl sites for hydroxylation is 1.